The molecule has 4 heteroatoms. The van der Waals surface area contributed by atoms with Gasteiger partial charge in [0.2, 0.25) is 0 Å². The highest BCUT2D eigenvalue weighted by molar-refractivity contribution is 7.72. The van der Waals surface area contributed by atoms with Gasteiger partial charge in [-0.2, -0.15) is 0 Å². The SMILES string of the molecule is O=[SH](=O)CNc1cccc(-c2cc[c]cc2)c1. The van der Waals surface area contributed by atoms with Gasteiger partial charge in [0.25, 0.3) is 0 Å². The molecule has 1 N–H and O–H groups in total. The molecule has 0 heterocycles. The van der Waals surface area contributed by atoms with Crippen molar-refractivity contribution in [3.63, 3.8) is 0 Å². The Morgan fingerprint density at radius 3 is 2.53 bits per heavy atom. The lowest BCUT2D eigenvalue weighted by atomic mass is 10.1. The van der Waals surface area contributed by atoms with Gasteiger partial charge < -0.3 is 5.32 Å². The van der Waals surface area contributed by atoms with E-state index in [1.807, 2.05) is 48.5 Å². The maximum absolute atomic E-state index is 10.5. The first kappa shape index (κ1) is 11.7. The van der Waals surface area contributed by atoms with Crippen molar-refractivity contribution in [1.29, 1.82) is 0 Å². The largest absolute Gasteiger partial charge is 0.372 e. The summed E-state index contributed by atoms with van der Waals surface area (Å²) in [6, 6.07) is 18.2. The molecule has 0 atom stereocenters. The van der Waals surface area contributed by atoms with E-state index in [0.717, 1.165) is 16.8 Å². The monoisotopic (exact) mass is 246 g/mol. The predicted molar refractivity (Wildman–Crippen MR) is 69.5 cm³/mol. The molecule has 3 nitrogen and oxygen atoms in total. The summed E-state index contributed by atoms with van der Waals surface area (Å²) < 4.78 is 21.0. The number of benzene rings is 2. The van der Waals surface area contributed by atoms with Crippen molar-refractivity contribution in [1.82, 2.24) is 0 Å². The highest BCUT2D eigenvalue weighted by Gasteiger charge is 1.98. The lowest BCUT2D eigenvalue weighted by Gasteiger charge is -2.06. The predicted octanol–water partition coefficient (Wildman–Crippen LogP) is 2.13. The fraction of sp³-hybridized carbons (Fsp3) is 0.0769. The average Bonchev–Trinajstić information content (AvgIpc) is 2.38. The van der Waals surface area contributed by atoms with Crippen LogP contribution in [0.1, 0.15) is 0 Å². The quantitative estimate of drug-likeness (QED) is 0.812. The van der Waals surface area contributed by atoms with Gasteiger partial charge in [-0.15, -0.1) is 0 Å². The summed E-state index contributed by atoms with van der Waals surface area (Å²) in [4.78, 5) is 0. The van der Waals surface area contributed by atoms with E-state index < -0.39 is 10.7 Å². The summed E-state index contributed by atoms with van der Waals surface area (Å²) in [5.74, 6) is -0.0403. The molecule has 0 bridgehead atoms. The lowest BCUT2D eigenvalue weighted by molar-refractivity contribution is 0.616. The number of rotatable bonds is 4. The molecule has 0 unspecified atom stereocenters. The Morgan fingerprint density at radius 2 is 1.82 bits per heavy atom. The second kappa shape index (κ2) is 5.50. The molecule has 87 valence electrons. The van der Waals surface area contributed by atoms with Crippen molar-refractivity contribution in [2.24, 2.45) is 0 Å². The number of hydrogen-bond donors (Lipinski definition) is 2. The molecule has 0 aliphatic carbocycles. The average molecular weight is 246 g/mol. The van der Waals surface area contributed by atoms with Crippen LogP contribution >= 0.6 is 0 Å². The van der Waals surface area contributed by atoms with Crippen LogP contribution < -0.4 is 5.32 Å². The highest BCUT2D eigenvalue weighted by atomic mass is 32.2. The first-order chi connectivity index (χ1) is 8.25. The van der Waals surface area contributed by atoms with E-state index in [1.54, 1.807) is 0 Å². The molecule has 17 heavy (non-hydrogen) atoms. The van der Waals surface area contributed by atoms with Crippen molar-refractivity contribution >= 4 is 16.4 Å². The van der Waals surface area contributed by atoms with Gasteiger partial charge >= 0.3 is 0 Å². The van der Waals surface area contributed by atoms with Crippen LogP contribution in [0.15, 0.2) is 48.5 Å². The van der Waals surface area contributed by atoms with Crippen LogP contribution in [0.5, 0.6) is 0 Å². The second-order valence-corrected chi connectivity index (χ2v) is 4.52. The molecular formula is C13H12NO2S. The smallest absolute Gasteiger partial charge is 0.158 e. The zero-order valence-corrected chi connectivity index (χ0v) is 9.98. The van der Waals surface area contributed by atoms with Gasteiger partial charge in [-0.25, -0.2) is 8.42 Å². The van der Waals surface area contributed by atoms with Crippen molar-refractivity contribution in [3.8, 4) is 11.1 Å². The number of anilines is 1. The minimum absolute atomic E-state index is 0.0403. The molecule has 0 saturated heterocycles. The Bertz CT molecular complexity index is 557. The molecule has 0 aliphatic heterocycles. The zero-order chi connectivity index (χ0) is 12.1. The van der Waals surface area contributed by atoms with Crippen LogP contribution in [0, 0.1) is 6.07 Å². The van der Waals surface area contributed by atoms with E-state index in [1.165, 1.54) is 0 Å². The summed E-state index contributed by atoms with van der Waals surface area (Å²) in [7, 11) is -2.40. The highest BCUT2D eigenvalue weighted by Crippen LogP contribution is 2.21. The standard InChI is InChI=1S/C13H12NO2S/c15-17(16)10-14-13-8-4-7-12(9-13)11-5-2-1-3-6-11/h2-9,14,17H,10H2. The Hall–Kier alpha value is -1.81. The van der Waals surface area contributed by atoms with Crippen LogP contribution in [0.2, 0.25) is 0 Å². The number of hydrogen-bond acceptors (Lipinski definition) is 3. The van der Waals surface area contributed by atoms with Gasteiger partial charge in [-0.1, -0.05) is 36.4 Å². The van der Waals surface area contributed by atoms with Gasteiger partial charge in [0.05, 0.1) is 0 Å². The first-order valence-corrected chi connectivity index (χ1v) is 6.54. The Labute approximate surface area is 102 Å². The van der Waals surface area contributed by atoms with Crippen molar-refractivity contribution in [3.05, 3.63) is 54.6 Å². The van der Waals surface area contributed by atoms with E-state index in [2.05, 4.69) is 11.4 Å². The maximum atomic E-state index is 10.5. The molecule has 0 aromatic heterocycles. The third-order valence-electron chi connectivity index (χ3n) is 2.33. The summed E-state index contributed by atoms with van der Waals surface area (Å²) in [6.45, 7) is 0. The van der Waals surface area contributed by atoms with Gasteiger partial charge in [-0.05, 0) is 29.3 Å². The zero-order valence-electron chi connectivity index (χ0n) is 9.09. The topological polar surface area (TPSA) is 46.2 Å². The lowest BCUT2D eigenvalue weighted by Crippen LogP contribution is -2.02. The molecule has 1 radical (unpaired) electrons. The molecule has 2 aromatic carbocycles. The first-order valence-electron chi connectivity index (χ1n) is 5.18. The minimum atomic E-state index is -2.40. The van der Waals surface area contributed by atoms with E-state index in [4.69, 9.17) is 0 Å². The molecule has 2 aromatic rings. The van der Waals surface area contributed by atoms with Crippen LogP contribution in [-0.2, 0) is 10.7 Å². The molecule has 0 saturated carbocycles. The minimum Gasteiger partial charge on any atom is -0.372 e. The Morgan fingerprint density at radius 1 is 1.06 bits per heavy atom. The third kappa shape index (κ3) is 3.32. The summed E-state index contributed by atoms with van der Waals surface area (Å²) in [6.07, 6.45) is 0. The maximum Gasteiger partial charge on any atom is 0.158 e. The molecule has 0 aliphatic rings. The number of nitrogens with one attached hydrogen (secondary N) is 1. The molecule has 0 amide bonds. The van der Waals surface area contributed by atoms with Crippen LogP contribution in [0.25, 0.3) is 11.1 Å². The van der Waals surface area contributed by atoms with Crippen molar-refractivity contribution in [2.75, 3.05) is 11.2 Å². The van der Waals surface area contributed by atoms with Gasteiger partial charge in [0.1, 0.15) is 5.88 Å². The molecule has 0 fully saturated rings. The fourth-order valence-corrected chi connectivity index (χ4v) is 1.86. The van der Waals surface area contributed by atoms with Gasteiger partial charge in [0, 0.05) is 5.69 Å². The van der Waals surface area contributed by atoms with E-state index in [0.29, 0.717) is 0 Å². The second-order valence-electron chi connectivity index (χ2n) is 3.54. The van der Waals surface area contributed by atoms with Crippen LogP contribution in [0.3, 0.4) is 0 Å². The van der Waals surface area contributed by atoms with Crippen LogP contribution in [0.4, 0.5) is 5.69 Å². The van der Waals surface area contributed by atoms with E-state index in [-0.39, 0.29) is 5.88 Å². The summed E-state index contributed by atoms with van der Waals surface area (Å²) >= 11 is 0. The molecular weight excluding hydrogens is 234 g/mol. The third-order valence-corrected chi connectivity index (χ3v) is 2.74. The van der Waals surface area contributed by atoms with Crippen molar-refractivity contribution < 1.29 is 8.42 Å². The van der Waals surface area contributed by atoms with E-state index in [9.17, 15) is 8.42 Å². The molecule has 0 spiro atoms. The Kier molecular flexibility index (Phi) is 3.77. The fourth-order valence-electron chi connectivity index (χ4n) is 1.54. The van der Waals surface area contributed by atoms with Gasteiger partial charge in [-0.3, -0.25) is 0 Å². The normalized spacial score (nSPS) is 10.4. The summed E-state index contributed by atoms with van der Waals surface area (Å²) in [5.41, 5.74) is 2.93. The van der Waals surface area contributed by atoms with Crippen molar-refractivity contribution in [2.45, 2.75) is 0 Å². The number of thiol groups is 1. The Balaban J connectivity index is 2.23. The van der Waals surface area contributed by atoms with E-state index >= 15 is 0 Å². The summed E-state index contributed by atoms with van der Waals surface area (Å²) in [5, 5.41) is 2.85. The molecule has 2 rings (SSSR count). The van der Waals surface area contributed by atoms with Gasteiger partial charge in [0.15, 0.2) is 10.7 Å². The van der Waals surface area contributed by atoms with Crippen LogP contribution in [-0.4, -0.2) is 14.3 Å².